The highest BCUT2D eigenvalue weighted by Crippen LogP contribution is 2.26. The third-order valence-corrected chi connectivity index (χ3v) is 8.02. The van der Waals surface area contributed by atoms with Crippen LogP contribution in [0.2, 0.25) is 0 Å². The molecule has 0 saturated heterocycles. The molecule has 7 nitrogen and oxygen atoms in total. The number of benzene rings is 1. The number of aromatic nitrogens is 1. The van der Waals surface area contributed by atoms with E-state index >= 15 is 0 Å². The first kappa shape index (κ1) is 22.3. The molecule has 1 amide bonds. The van der Waals surface area contributed by atoms with Gasteiger partial charge in [-0.3, -0.25) is 14.4 Å². The molecule has 0 spiro atoms. The molecule has 0 aliphatic carbocycles. The molecule has 9 heteroatoms. The normalized spacial score (nSPS) is 18.3. The van der Waals surface area contributed by atoms with Gasteiger partial charge in [0.2, 0.25) is 5.78 Å². The Bertz CT molecular complexity index is 1040. The highest BCUT2D eigenvalue weighted by atomic mass is 32.2. The summed E-state index contributed by atoms with van der Waals surface area (Å²) in [6, 6.07) is 8.00. The van der Waals surface area contributed by atoms with Gasteiger partial charge in [-0.05, 0) is 18.1 Å². The van der Waals surface area contributed by atoms with E-state index in [1.807, 2.05) is 0 Å². The van der Waals surface area contributed by atoms with Crippen molar-refractivity contribution >= 4 is 38.6 Å². The zero-order valence-electron chi connectivity index (χ0n) is 16.8. The van der Waals surface area contributed by atoms with Crippen molar-refractivity contribution in [2.45, 2.75) is 38.1 Å². The predicted octanol–water partition coefficient (Wildman–Crippen LogP) is 2.21. The van der Waals surface area contributed by atoms with E-state index in [0.29, 0.717) is 5.01 Å². The molecule has 1 aromatic carbocycles. The average Bonchev–Trinajstić information content (AvgIpc) is 3.17. The molecule has 1 aliphatic heterocycles. The standard InChI is InChI=1S/C21H24N2O5S2/c1-13(2)17(12-30(27,28)16-6-4-3-5-7-16)18(24)8-14-9-19-22-10-15(29-19)11-23-21(26)20(14)25/h3-7,10,13-14,17H,8-9,11-12H2,1-2H3,(H,23,26). The van der Waals surface area contributed by atoms with Crippen LogP contribution in [0.15, 0.2) is 41.4 Å². The summed E-state index contributed by atoms with van der Waals surface area (Å²) in [4.78, 5) is 43.1. The molecule has 2 heterocycles. The SMILES string of the molecule is CC(C)C(CS(=O)(=O)c1ccccc1)C(=O)CC1Cc2ncc(s2)CNC(=O)C1=O. The van der Waals surface area contributed by atoms with Crippen molar-refractivity contribution in [3.8, 4) is 0 Å². The van der Waals surface area contributed by atoms with E-state index < -0.39 is 33.4 Å². The number of nitrogens with zero attached hydrogens (tertiary/aromatic N) is 1. The molecular formula is C21H24N2O5S2. The first-order valence-corrected chi connectivity index (χ1v) is 12.2. The van der Waals surface area contributed by atoms with Gasteiger partial charge < -0.3 is 5.32 Å². The fourth-order valence-electron chi connectivity index (χ4n) is 3.44. The highest BCUT2D eigenvalue weighted by Gasteiger charge is 2.35. The lowest BCUT2D eigenvalue weighted by molar-refractivity contribution is -0.141. The van der Waals surface area contributed by atoms with Crippen LogP contribution in [0, 0.1) is 17.8 Å². The van der Waals surface area contributed by atoms with Gasteiger partial charge >= 0.3 is 0 Å². The second kappa shape index (κ2) is 9.18. The van der Waals surface area contributed by atoms with Crippen LogP contribution in [0.3, 0.4) is 0 Å². The van der Waals surface area contributed by atoms with Gasteiger partial charge in [-0.25, -0.2) is 13.4 Å². The van der Waals surface area contributed by atoms with Crippen LogP contribution in [0.4, 0.5) is 0 Å². The molecule has 3 rings (SSSR count). The van der Waals surface area contributed by atoms with E-state index in [1.54, 1.807) is 38.2 Å². The lowest BCUT2D eigenvalue weighted by atomic mass is 9.85. The molecule has 30 heavy (non-hydrogen) atoms. The van der Waals surface area contributed by atoms with Crippen LogP contribution in [-0.2, 0) is 37.2 Å². The van der Waals surface area contributed by atoms with E-state index in [0.717, 1.165) is 4.88 Å². The third-order valence-electron chi connectivity index (χ3n) is 5.21. The van der Waals surface area contributed by atoms with Crippen molar-refractivity contribution < 1.29 is 22.8 Å². The molecule has 1 N–H and O–H groups in total. The number of amides is 1. The van der Waals surface area contributed by atoms with Crippen LogP contribution in [0.25, 0.3) is 0 Å². The summed E-state index contributed by atoms with van der Waals surface area (Å²) < 4.78 is 25.6. The summed E-state index contributed by atoms with van der Waals surface area (Å²) in [6.45, 7) is 3.80. The first-order chi connectivity index (χ1) is 14.2. The maximum absolute atomic E-state index is 13.1. The van der Waals surface area contributed by atoms with E-state index in [1.165, 1.54) is 23.5 Å². The number of fused-ring (bicyclic) bond motifs is 2. The Morgan fingerprint density at radius 2 is 1.93 bits per heavy atom. The fourth-order valence-corrected chi connectivity index (χ4v) is 6.19. The van der Waals surface area contributed by atoms with Gasteiger partial charge in [0.15, 0.2) is 9.84 Å². The summed E-state index contributed by atoms with van der Waals surface area (Å²) in [6.07, 6.45) is 1.66. The number of hydrogen-bond acceptors (Lipinski definition) is 7. The molecule has 160 valence electrons. The number of thiazole rings is 1. The second-order valence-electron chi connectivity index (χ2n) is 7.78. The van der Waals surface area contributed by atoms with Crippen LogP contribution in [0.1, 0.15) is 30.2 Å². The minimum absolute atomic E-state index is 0.164. The smallest absolute Gasteiger partial charge is 0.287 e. The largest absolute Gasteiger partial charge is 0.345 e. The number of nitrogens with one attached hydrogen (secondary N) is 1. The Hall–Kier alpha value is -2.39. The van der Waals surface area contributed by atoms with Crippen molar-refractivity contribution in [3.63, 3.8) is 0 Å². The monoisotopic (exact) mass is 448 g/mol. The lowest BCUT2D eigenvalue weighted by Gasteiger charge is -2.22. The van der Waals surface area contributed by atoms with Gasteiger partial charge in [-0.15, -0.1) is 11.3 Å². The minimum atomic E-state index is -3.66. The van der Waals surface area contributed by atoms with E-state index in [4.69, 9.17) is 0 Å². The van der Waals surface area contributed by atoms with Crippen LogP contribution < -0.4 is 5.32 Å². The number of carbonyl (C=O) groups excluding carboxylic acids is 3. The zero-order valence-corrected chi connectivity index (χ0v) is 18.5. The maximum Gasteiger partial charge on any atom is 0.287 e. The topological polar surface area (TPSA) is 110 Å². The Balaban J connectivity index is 1.80. The van der Waals surface area contributed by atoms with Gasteiger partial charge in [-0.2, -0.15) is 0 Å². The Labute approximate surface area is 179 Å². The van der Waals surface area contributed by atoms with E-state index in [9.17, 15) is 22.8 Å². The summed E-state index contributed by atoms with van der Waals surface area (Å²) in [5.41, 5.74) is 0. The van der Waals surface area contributed by atoms with Crippen molar-refractivity contribution in [1.29, 1.82) is 0 Å². The lowest BCUT2D eigenvalue weighted by Crippen LogP contribution is -2.38. The quantitative estimate of drug-likeness (QED) is 0.650. The first-order valence-electron chi connectivity index (χ1n) is 9.73. The van der Waals surface area contributed by atoms with Gasteiger partial charge in [0.25, 0.3) is 5.91 Å². The molecule has 0 fully saturated rings. The van der Waals surface area contributed by atoms with Crippen LogP contribution in [-0.4, -0.2) is 36.6 Å². The molecule has 1 aliphatic rings. The number of carbonyl (C=O) groups is 3. The van der Waals surface area contributed by atoms with E-state index in [-0.39, 0.29) is 41.7 Å². The Kier molecular flexibility index (Phi) is 6.82. The molecule has 0 saturated carbocycles. The molecule has 1 aromatic heterocycles. The van der Waals surface area contributed by atoms with Crippen molar-refractivity contribution in [2.75, 3.05) is 5.75 Å². The van der Waals surface area contributed by atoms with Gasteiger partial charge in [0.1, 0.15) is 5.78 Å². The minimum Gasteiger partial charge on any atom is -0.345 e. The van der Waals surface area contributed by atoms with Crippen molar-refractivity contribution in [3.05, 3.63) is 46.4 Å². The summed E-state index contributed by atoms with van der Waals surface area (Å²) in [5.74, 6) is -3.90. The van der Waals surface area contributed by atoms with Crippen molar-refractivity contribution in [2.24, 2.45) is 17.8 Å². The fraction of sp³-hybridized carbons (Fsp3) is 0.429. The third kappa shape index (κ3) is 5.20. The van der Waals surface area contributed by atoms with Gasteiger partial charge in [0, 0.05) is 35.8 Å². The van der Waals surface area contributed by atoms with Crippen LogP contribution >= 0.6 is 11.3 Å². The zero-order chi connectivity index (χ0) is 21.9. The van der Waals surface area contributed by atoms with E-state index in [2.05, 4.69) is 10.3 Å². The summed E-state index contributed by atoms with van der Waals surface area (Å²) >= 11 is 1.39. The molecular weight excluding hydrogens is 424 g/mol. The Morgan fingerprint density at radius 1 is 1.23 bits per heavy atom. The number of ketones is 2. The molecule has 2 bridgehead atoms. The number of hydrogen-bond donors (Lipinski definition) is 1. The van der Waals surface area contributed by atoms with Crippen LogP contribution in [0.5, 0.6) is 0 Å². The molecule has 2 aromatic rings. The maximum atomic E-state index is 13.1. The molecule has 0 radical (unpaired) electrons. The highest BCUT2D eigenvalue weighted by molar-refractivity contribution is 7.91. The molecule has 2 unspecified atom stereocenters. The van der Waals surface area contributed by atoms with Crippen molar-refractivity contribution in [1.82, 2.24) is 10.3 Å². The summed E-state index contributed by atoms with van der Waals surface area (Å²) in [7, 11) is -3.66. The second-order valence-corrected chi connectivity index (χ2v) is 11.0. The summed E-state index contributed by atoms with van der Waals surface area (Å²) in [5, 5.41) is 3.24. The van der Waals surface area contributed by atoms with Gasteiger partial charge in [-0.1, -0.05) is 32.0 Å². The Morgan fingerprint density at radius 3 is 2.60 bits per heavy atom. The van der Waals surface area contributed by atoms with Gasteiger partial charge in [0.05, 0.1) is 22.2 Å². The average molecular weight is 449 g/mol. The predicted molar refractivity (Wildman–Crippen MR) is 113 cm³/mol. The number of rotatable bonds is 7. The molecule has 2 atom stereocenters. The number of sulfone groups is 1. The number of Topliss-reactive ketones (excluding diaryl/α,β-unsaturated/α-hetero) is 2.